The van der Waals surface area contributed by atoms with Gasteiger partial charge in [-0.25, -0.2) is 0 Å². The first-order valence-corrected chi connectivity index (χ1v) is 17.3. The van der Waals surface area contributed by atoms with Crippen molar-refractivity contribution < 1.29 is 44.0 Å². The number of phenols is 1. The van der Waals surface area contributed by atoms with Gasteiger partial charge in [-0.15, -0.1) is 5.56 Å². The molecular formula is C45H43CoO6-. The minimum atomic E-state index is -0.413. The molecule has 0 aliphatic heterocycles. The van der Waals surface area contributed by atoms with E-state index in [9.17, 15) is 15.0 Å². The van der Waals surface area contributed by atoms with E-state index in [0.29, 0.717) is 12.2 Å². The molecule has 0 saturated carbocycles. The normalized spacial score (nSPS) is 11.8. The van der Waals surface area contributed by atoms with Crippen LogP contribution in [0.2, 0.25) is 0 Å². The molecule has 6 aromatic carbocycles. The average molecular weight is 739 g/mol. The van der Waals surface area contributed by atoms with E-state index < -0.39 is 5.41 Å². The van der Waals surface area contributed by atoms with Gasteiger partial charge in [0.05, 0.1) is 7.11 Å². The Balaban J connectivity index is 0.000000225. The van der Waals surface area contributed by atoms with Crippen molar-refractivity contribution in [3.05, 3.63) is 197 Å². The summed E-state index contributed by atoms with van der Waals surface area (Å²) in [6.45, 7) is 3.60. The van der Waals surface area contributed by atoms with Gasteiger partial charge in [0.25, 0.3) is 0 Å². The molecule has 0 saturated heterocycles. The second kappa shape index (κ2) is 19.3. The molecule has 52 heavy (non-hydrogen) atoms. The van der Waals surface area contributed by atoms with Crippen molar-refractivity contribution in [2.45, 2.75) is 37.5 Å². The number of methoxy groups -OCH3 is 1. The van der Waals surface area contributed by atoms with Gasteiger partial charge in [0.2, 0.25) is 0 Å². The summed E-state index contributed by atoms with van der Waals surface area (Å²) in [5, 5.41) is 18.7. The zero-order chi connectivity index (χ0) is 37.4. The third-order valence-corrected chi connectivity index (χ3v) is 9.18. The van der Waals surface area contributed by atoms with Crippen LogP contribution in [0.4, 0.5) is 0 Å². The zero-order valence-electron chi connectivity index (χ0n) is 29.5. The third kappa shape index (κ3) is 9.30. The first-order chi connectivity index (χ1) is 25.3. The molecule has 0 aliphatic rings. The monoisotopic (exact) mass is 738 g/mol. The van der Waals surface area contributed by atoms with Crippen LogP contribution < -0.4 is 9.47 Å². The number of carbonyl (C=O) groups is 1. The van der Waals surface area contributed by atoms with E-state index in [2.05, 4.69) is 114 Å². The van der Waals surface area contributed by atoms with E-state index in [-0.39, 0.29) is 23.7 Å². The summed E-state index contributed by atoms with van der Waals surface area (Å²) < 4.78 is 18.4. The van der Waals surface area contributed by atoms with E-state index in [4.69, 9.17) is 13.3 Å². The van der Waals surface area contributed by atoms with E-state index in [0.717, 1.165) is 23.3 Å². The Morgan fingerprint density at radius 2 is 1.06 bits per heavy atom. The molecule has 269 valence electrons. The maximum atomic E-state index is 11.0. The fraction of sp³-hybridized carbons (Fsp3) is 0.178. The van der Waals surface area contributed by atoms with E-state index in [1.807, 2.05) is 48.5 Å². The van der Waals surface area contributed by atoms with Crippen LogP contribution in [0.5, 0.6) is 17.2 Å². The van der Waals surface area contributed by atoms with Crippen molar-refractivity contribution in [1.29, 1.82) is 0 Å². The molecule has 1 unspecified atom stereocenters. The number of esters is 1. The molecule has 6 nitrogen and oxygen atoms in total. The fourth-order valence-corrected chi connectivity index (χ4v) is 6.63. The topological polar surface area (TPSA) is 93.1 Å². The van der Waals surface area contributed by atoms with Crippen LogP contribution in [0.1, 0.15) is 60.1 Å². The van der Waals surface area contributed by atoms with Gasteiger partial charge in [-0.05, 0) is 77.1 Å². The quantitative estimate of drug-likeness (QED) is 0.0597. The first-order valence-electron chi connectivity index (χ1n) is 16.9. The molecule has 7 heteroatoms. The summed E-state index contributed by atoms with van der Waals surface area (Å²) in [7, 11) is 1.70. The van der Waals surface area contributed by atoms with Crippen LogP contribution in [-0.4, -0.2) is 29.9 Å². The van der Waals surface area contributed by atoms with Crippen molar-refractivity contribution >= 4 is 5.97 Å². The maximum absolute atomic E-state index is 11.0. The Morgan fingerprint density at radius 1 is 0.635 bits per heavy atom. The predicted octanol–water partition coefficient (Wildman–Crippen LogP) is 9.15. The number of hydrogen-bond donors (Lipinski definition) is 2. The molecule has 6 aromatic rings. The number of phenolic OH excluding ortho intramolecular Hbond substituents is 1. The number of benzene rings is 6. The zero-order valence-corrected chi connectivity index (χ0v) is 30.5. The summed E-state index contributed by atoms with van der Waals surface area (Å²) in [6.07, 6.45) is 1.43. The molecule has 6 rings (SSSR count). The molecule has 0 fully saturated rings. The fourth-order valence-electron chi connectivity index (χ4n) is 6.63. The summed E-state index contributed by atoms with van der Waals surface area (Å²) in [4.78, 5) is 11.0. The van der Waals surface area contributed by atoms with Gasteiger partial charge < -0.3 is 19.7 Å². The summed E-state index contributed by atoms with van der Waals surface area (Å²) in [5.74, 6) is 1.24. The number of hydrogen-bond acceptors (Lipinski definition) is 6. The third-order valence-electron chi connectivity index (χ3n) is 9.18. The summed E-state index contributed by atoms with van der Waals surface area (Å²) in [5.41, 5.74) is 6.28. The molecular weight excluding hydrogens is 695 g/mol. The van der Waals surface area contributed by atoms with Gasteiger partial charge in [0.15, 0.2) is 0 Å². The molecule has 0 heterocycles. The molecule has 2 N–H and O–H groups in total. The van der Waals surface area contributed by atoms with Crippen molar-refractivity contribution in [1.82, 2.24) is 0 Å². The van der Waals surface area contributed by atoms with E-state index in [1.165, 1.54) is 29.2 Å². The summed E-state index contributed by atoms with van der Waals surface area (Å²) in [6, 6.07) is 55.7. The Labute approximate surface area is 314 Å². The van der Waals surface area contributed by atoms with E-state index >= 15 is 0 Å². The van der Waals surface area contributed by atoms with Gasteiger partial charge in [-0.1, -0.05) is 104 Å². The van der Waals surface area contributed by atoms with Crippen molar-refractivity contribution in [3.63, 3.8) is 0 Å². The first kappa shape index (κ1) is 39.4. The van der Waals surface area contributed by atoms with Crippen molar-refractivity contribution in [2.75, 3.05) is 13.7 Å². The van der Waals surface area contributed by atoms with Crippen molar-refractivity contribution in [2.24, 2.45) is 0 Å². The van der Waals surface area contributed by atoms with Crippen LogP contribution in [0.25, 0.3) is 0 Å². The molecule has 0 aromatic heterocycles. The second-order valence-electron chi connectivity index (χ2n) is 12.3. The van der Waals surface area contributed by atoms with Crippen LogP contribution >= 0.6 is 0 Å². The molecule has 0 amide bonds. The Morgan fingerprint density at radius 3 is 1.52 bits per heavy atom. The van der Waals surface area contributed by atoms with Crippen LogP contribution in [0, 0.1) is 6.07 Å². The molecule has 0 bridgehead atoms. The SMILES string of the molecule is CC(=O)Oc1ccc(C(C)(CCCO)c2ccc(O)cc2)cc1.COc1ccc(C(c2cc[c-]cc2)(c2ccccc2)c2ccccc2)cc1.[O]=[Co]. The molecule has 0 radical (unpaired) electrons. The number of aromatic hydroxyl groups is 1. The number of aliphatic hydroxyl groups is 1. The van der Waals surface area contributed by atoms with Gasteiger partial charge in [-0.3, -0.25) is 4.79 Å². The van der Waals surface area contributed by atoms with Crippen LogP contribution in [-0.2, 0) is 35.2 Å². The Hall–Kier alpha value is -5.34. The number of carbonyl (C=O) groups excluding carboxylic acids is 1. The predicted molar refractivity (Wildman–Crippen MR) is 199 cm³/mol. The molecule has 0 aliphatic carbocycles. The number of rotatable bonds is 11. The molecule has 1 atom stereocenters. The Bertz CT molecular complexity index is 1840. The second-order valence-corrected chi connectivity index (χ2v) is 12.3. The van der Waals surface area contributed by atoms with Gasteiger partial charge in [0.1, 0.15) is 17.2 Å². The standard InChI is InChI=1S/C26H21O.C19H22O4.Co.O/c1-27-25-19-17-24(18-20-25)26(21-11-5-2-6-12-21,22-13-7-3-8-14-22)23-15-9-4-10-16-23;1-14(21)23-18-10-6-16(7-11-18)19(2,12-3-13-20)15-4-8-17(22)9-5-15;;/h2-3,5-20H,1H3;4-11,20,22H,3,12-13H2,1-2H3;;/q-1;;;. The van der Waals surface area contributed by atoms with Gasteiger partial charge in [-0.2, -0.15) is 30.3 Å². The van der Waals surface area contributed by atoms with Crippen molar-refractivity contribution in [3.8, 4) is 17.2 Å². The summed E-state index contributed by atoms with van der Waals surface area (Å²) >= 11 is 2.31. The number of aliphatic hydroxyl groups excluding tert-OH is 1. The van der Waals surface area contributed by atoms with Gasteiger partial charge >= 0.3 is 25.5 Å². The van der Waals surface area contributed by atoms with Gasteiger partial charge in [0, 0.05) is 24.4 Å². The average Bonchev–Trinajstić information content (AvgIpc) is 3.20. The van der Waals surface area contributed by atoms with Crippen LogP contribution in [0.3, 0.4) is 0 Å². The van der Waals surface area contributed by atoms with E-state index in [1.54, 1.807) is 31.4 Å². The Kier molecular flexibility index (Phi) is 14.7. The molecule has 0 spiro atoms. The minimum absolute atomic E-state index is 0.124. The number of ether oxygens (including phenoxy) is 2. The van der Waals surface area contributed by atoms with Crippen LogP contribution in [0.15, 0.2) is 158 Å².